The van der Waals surface area contributed by atoms with Crippen molar-refractivity contribution in [3.8, 4) is 11.3 Å². The fourth-order valence-electron chi connectivity index (χ4n) is 4.43. The Kier molecular flexibility index (Phi) is 5.70. The minimum atomic E-state index is 0.0177. The molecular weight excluding hydrogens is 344 g/mol. The molecule has 1 fully saturated rings. The van der Waals surface area contributed by atoms with E-state index in [4.69, 9.17) is 4.98 Å². The molecule has 0 unspecified atom stereocenters. The number of nitrogens with one attached hydrogen (secondary N) is 1. The van der Waals surface area contributed by atoms with E-state index in [2.05, 4.69) is 17.4 Å². The summed E-state index contributed by atoms with van der Waals surface area (Å²) in [5.74, 6) is 0.785. The van der Waals surface area contributed by atoms with Crippen molar-refractivity contribution >= 4 is 16.8 Å². The normalized spacial score (nSPS) is 14.9. The lowest BCUT2D eigenvalue weighted by Gasteiger charge is -2.21. The first kappa shape index (κ1) is 18.7. The van der Waals surface area contributed by atoms with Crippen LogP contribution in [0.25, 0.3) is 22.2 Å². The molecule has 0 atom stereocenters. The number of hydrogen-bond donors (Lipinski definition) is 1. The molecule has 1 aliphatic carbocycles. The quantitative estimate of drug-likeness (QED) is 0.605. The van der Waals surface area contributed by atoms with Crippen LogP contribution in [0.5, 0.6) is 0 Å². The molecule has 0 saturated heterocycles. The Hall–Kier alpha value is -2.68. The number of rotatable bonds is 5. The molecule has 0 aliphatic heterocycles. The zero-order valence-corrected chi connectivity index (χ0v) is 16.6. The monoisotopic (exact) mass is 372 g/mol. The number of hydrogen-bond acceptors (Lipinski definition) is 2. The van der Waals surface area contributed by atoms with Gasteiger partial charge in [-0.15, -0.1) is 0 Å². The fraction of sp³-hybridized carbons (Fsp3) is 0.360. The largest absolute Gasteiger partial charge is 0.352 e. The van der Waals surface area contributed by atoms with Crippen molar-refractivity contribution in [2.45, 2.75) is 45.4 Å². The highest BCUT2D eigenvalue weighted by Gasteiger charge is 2.19. The van der Waals surface area contributed by atoms with Gasteiger partial charge in [-0.25, -0.2) is 4.98 Å². The molecule has 0 bridgehead atoms. The van der Waals surface area contributed by atoms with E-state index in [0.717, 1.165) is 52.2 Å². The first-order chi connectivity index (χ1) is 13.7. The second kappa shape index (κ2) is 8.55. The standard InChI is InChI=1S/C25H28N2O/c1-18-23(25(28)26-17-16-19-10-4-2-5-11-19)21-14-8-9-15-22(21)27-24(18)20-12-6-3-7-13-20/h3,6-9,12-15,19H,2,4-5,10-11,16-17H2,1H3,(H,26,28). The van der Waals surface area contributed by atoms with Crippen LogP contribution < -0.4 is 5.32 Å². The Morgan fingerprint density at radius 3 is 2.50 bits per heavy atom. The zero-order chi connectivity index (χ0) is 19.3. The predicted octanol–water partition coefficient (Wildman–Crippen LogP) is 5.91. The highest BCUT2D eigenvalue weighted by atomic mass is 16.1. The van der Waals surface area contributed by atoms with Gasteiger partial charge >= 0.3 is 0 Å². The highest BCUT2D eigenvalue weighted by Crippen LogP contribution is 2.30. The first-order valence-electron chi connectivity index (χ1n) is 10.5. The van der Waals surface area contributed by atoms with E-state index in [1.807, 2.05) is 49.4 Å². The summed E-state index contributed by atoms with van der Waals surface area (Å²) in [7, 11) is 0. The summed E-state index contributed by atoms with van der Waals surface area (Å²) in [6.45, 7) is 2.76. The van der Waals surface area contributed by atoms with Gasteiger partial charge in [0.1, 0.15) is 0 Å². The van der Waals surface area contributed by atoms with Gasteiger partial charge in [-0.2, -0.15) is 0 Å². The summed E-state index contributed by atoms with van der Waals surface area (Å²) < 4.78 is 0. The fourth-order valence-corrected chi connectivity index (χ4v) is 4.43. The van der Waals surface area contributed by atoms with Crippen molar-refractivity contribution in [3.63, 3.8) is 0 Å². The van der Waals surface area contributed by atoms with Crippen LogP contribution in [0.2, 0.25) is 0 Å². The third-order valence-electron chi connectivity index (χ3n) is 5.97. The number of para-hydroxylation sites is 1. The Balaban J connectivity index is 1.63. The molecule has 1 aliphatic rings. The van der Waals surface area contributed by atoms with Crippen LogP contribution in [-0.2, 0) is 0 Å². The maximum absolute atomic E-state index is 13.2. The van der Waals surface area contributed by atoms with Crippen molar-refractivity contribution in [1.29, 1.82) is 0 Å². The van der Waals surface area contributed by atoms with E-state index in [1.54, 1.807) is 0 Å². The van der Waals surface area contributed by atoms with Crippen molar-refractivity contribution in [3.05, 3.63) is 65.7 Å². The smallest absolute Gasteiger partial charge is 0.252 e. The molecule has 1 heterocycles. The summed E-state index contributed by atoms with van der Waals surface area (Å²) in [6.07, 6.45) is 7.75. The van der Waals surface area contributed by atoms with Crippen LogP contribution in [-0.4, -0.2) is 17.4 Å². The number of nitrogens with zero attached hydrogens (tertiary/aromatic N) is 1. The van der Waals surface area contributed by atoms with E-state index in [-0.39, 0.29) is 5.91 Å². The zero-order valence-electron chi connectivity index (χ0n) is 16.6. The van der Waals surface area contributed by atoms with Gasteiger partial charge in [-0.05, 0) is 30.9 Å². The average Bonchev–Trinajstić information content (AvgIpc) is 2.74. The number of benzene rings is 2. The maximum Gasteiger partial charge on any atom is 0.252 e. The molecule has 4 rings (SSSR count). The summed E-state index contributed by atoms with van der Waals surface area (Å²) >= 11 is 0. The minimum absolute atomic E-state index is 0.0177. The molecule has 3 aromatic rings. The molecule has 1 aromatic heterocycles. The van der Waals surface area contributed by atoms with Crippen LogP contribution >= 0.6 is 0 Å². The summed E-state index contributed by atoms with van der Waals surface area (Å²) in [4.78, 5) is 18.0. The molecular formula is C25H28N2O. The van der Waals surface area contributed by atoms with Crippen LogP contribution in [0.15, 0.2) is 54.6 Å². The van der Waals surface area contributed by atoms with Gasteiger partial charge in [-0.3, -0.25) is 4.79 Å². The van der Waals surface area contributed by atoms with Crippen LogP contribution in [0, 0.1) is 12.8 Å². The van der Waals surface area contributed by atoms with Gasteiger partial charge in [0.05, 0.1) is 16.8 Å². The molecule has 1 N–H and O–H groups in total. The van der Waals surface area contributed by atoms with E-state index in [1.165, 1.54) is 32.1 Å². The van der Waals surface area contributed by atoms with Crippen molar-refractivity contribution in [1.82, 2.24) is 10.3 Å². The van der Waals surface area contributed by atoms with Crippen molar-refractivity contribution in [2.75, 3.05) is 6.54 Å². The second-order valence-electron chi connectivity index (χ2n) is 7.89. The Bertz CT molecular complexity index is 959. The highest BCUT2D eigenvalue weighted by molar-refractivity contribution is 6.08. The maximum atomic E-state index is 13.2. The number of pyridine rings is 1. The molecule has 0 radical (unpaired) electrons. The minimum Gasteiger partial charge on any atom is -0.352 e. The Morgan fingerprint density at radius 1 is 1.00 bits per heavy atom. The lowest BCUT2D eigenvalue weighted by Crippen LogP contribution is -2.27. The molecule has 3 nitrogen and oxygen atoms in total. The molecule has 2 aromatic carbocycles. The SMILES string of the molecule is Cc1c(-c2ccccc2)nc2ccccc2c1C(=O)NCCC1CCCCC1. The van der Waals surface area contributed by atoms with E-state index in [9.17, 15) is 4.79 Å². The summed E-state index contributed by atoms with van der Waals surface area (Å²) in [5.41, 5.74) is 4.50. The van der Waals surface area contributed by atoms with Gasteiger partial charge < -0.3 is 5.32 Å². The first-order valence-corrected chi connectivity index (χ1v) is 10.5. The third kappa shape index (κ3) is 3.94. The van der Waals surface area contributed by atoms with E-state index >= 15 is 0 Å². The van der Waals surface area contributed by atoms with E-state index in [0.29, 0.717) is 0 Å². The van der Waals surface area contributed by atoms with Gasteiger partial charge in [0, 0.05) is 17.5 Å². The van der Waals surface area contributed by atoms with Gasteiger partial charge in [0.25, 0.3) is 5.91 Å². The van der Waals surface area contributed by atoms with E-state index < -0.39 is 0 Å². The number of carbonyl (C=O) groups is 1. The van der Waals surface area contributed by atoms with Crippen LogP contribution in [0.3, 0.4) is 0 Å². The number of carbonyl (C=O) groups excluding carboxylic acids is 1. The average molecular weight is 373 g/mol. The molecule has 1 saturated carbocycles. The number of aromatic nitrogens is 1. The van der Waals surface area contributed by atoms with Gasteiger partial charge in [0.15, 0.2) is 0 Å². The van der Waals surface area contributed by atoms with Crippen LogP contribution in [0.4, 0.5) is 0 Å². The lowest BCUT2D eigenvalue weighted by molar-refractivity contribution is 0.0951. The summed E-state index contributed by atoms with van der Waals surface area (Å²) in [6, 6.07) is 18.1. The Labute approximate surface area is 167 Å². The van der Waals surface area contributed by atoms with Crippen LogP contribution in [0.1, 0.15) is 54.4 Å². The predicted molar refractivity (Wildman–Crippen MR) is 115 cm³/mol. The molecule has 3 heteroatoms. The Morgan fingerprint density at radius 2 is 1.71 bits per heavy atom. The topological polar surface area (TPSA) is 42.0 Å². The molecule has 1 amide bonds. The van der Waals surface area contributed by atoms with Crippen molar-refractivity contribution in [2.24, 2.45) is 5.92 Å². The third-order valence-corrected chi connectivity index (χ3v) is 5.97. The van der Waals surface area contributed by atoms with Crippen molar-refractivity contribution < 1.29 is 4.79 Å². The second-order valence-corrected chi connectivity index (χ2v) is 7.89. The lowest BCUT2D eigenvalue weighted by atomic mass is 9.87. The number of amides is 1. The molecule has 0 spiro atoms. The van der Waals surface area contributed by atoms with Gasteiger partial charge in [0.2, 0.25) is 0 Å². The molecule has 144 valence electrons. The van der Waals surface area contributed by atoms with Gasteiger partial charge in [-0.1, -0.05) is 80.6 Å². The molecule has 28 heavy (non-hydrogen) atoms. The number of fused-ring (bicyclic) bond motifs is 1. The summed E-state index contributed by atoms with van der Waals surface area (Å²) in [5, 5.41) is 4.12.